The predicted octanol–water partition coefficient (Wildman–Crippen LogP) is 3.32. The molecule has 4 heteroatoms. The van der Waals surface area contributed by atoms with E-state index in [0.29, 0.717) is 11.3 Å². The second-order valence-electron chi connectivity index (χ2n) is 5.61. The van der Waals surface area contributed by atoms with Crippen LogP contribution in [0.4, 0.5) is 0 Å². The van der Waals surface area contributed by atoms with Crippen LogP contribution in [0, 0.1) is 5.41 Å². The Bertz CT molecular complexity index is 647. The average Bonchev–Trinajstić information content (AvgIpc) is 2.70. The number of ketones is 1. The zero-order chi connectivity index (χ0) is 14.2. The first-order valence-corrected chi connectivity index (χ1v) is 6.13. The molecule has 0 unspecified atom stereocenters. The molecule has 0 aliphatic heterocycles. The molecule has 100 valence electrons. The van der Waals surface area contributed by atoms with Gasteiger partial charge in [-0.2, -0.15) is 0 Å². The number of H-pyrrole nitrogens is 1. The lowest BCUT2D eigenvalue weighted by atomic mass is 9.97. The lowest BCUT2D eigenvalue weighted by Gasteiger charge is -2.15. The summed E-state index contributed by atoms with van der Waals surface area (Å²) < 4.78 is 5.39. The van der Waals surface area contributed by atoms with Crippen molar-refractivity contribution in [3.63, 3.8) is 0 Å². The van der Waals surface area contributed by atoms with Gasteiger partial charge < -0.3 is 9.72 Å². The Morgan fingerprint density at radius 1 is 1.21 bits per heavy atom. The number of benzene rings is 1. The monoisotopic (exact) mass is 259 g/mol. The third kappa shape index (κ3) is 2.67. The summed E-state index contributed by atoms with van der Waals surface area (Å²) in [5.41, 5.74) is 0.865. The van der Waals surface area contributed by atoms with E-state index in [4.69, 9.17) is 4.74 Å². The average molecular weight is 259 g/mol. The Morgan fingerprint density at radius 2 is 1.89 bits per heavy atom. The third-order valence-corrected chi connectivity index (χ3v) is 2.87. The van der Waals surface area contributed by atoms with Crippen LogP contribution in [0.15, 0.2) is 24.4 Å². The van der Waals surface area contributed by atoms with Crippen LogP contribution < -0.4 is 4.74 Å². The topological polar surface area (TPSA) is 59.2 Å². The standard InChI is InChI=1S/C15H17NO3/c1-9(17)10-5-6-12-11(7-10)13(8-16-12)19-14(18)15(2,3)4/h5-8,16H,1-4H3. The van der Waals surface area contributed by atoms with E-state index in [1.807, 2.05) is 0 Å². The Labute approximate surface area is 111 Å². The van der Waals surface area contributed by atoms with Gasteiger partial charge in [-0.3, -0.25) is 9.59 Å². The van der Waals surface area contributed by atoms with Gasteiger partial charge in [0.25, 0.3) is 0 Å². The maximum atomic E-state index is 11.9. The Hall–Kier alpha value is -2.10. The molecule has 2 aromatic rings. The van der Waals surface area contributed by atoms with Crippen LogP contribution in [0.5, 0.6) is 5.75 Å². The largest absolute Gasteiger partial charge is 0.424 e. The molecule has 0 fully saturated rings. The zero-order valence-corrected chi connectivity index (χ0v) is 11.5. The number of hydrogen-bond donors (Lipinski definition) is 1. The van der Waals surface area contributed by atoms with Crippen molar-refractivity contribution in [2.75, 3.05) is 0 Å². The first-order valence-electron chi connectivity index (χ1n) is 6.13. The van der Waals surface area contributed by atoms with Gasteiger partial charge in [-0.1, -0.05) is 0 Å². The molecule has 0 bridgehead atoms. The quantitative estimate of drug-likeness (QED) is 0.664. The van der Waals surface area contributed by atoms with E-state index < -0.39 is 5.41 Å². The maximum Gasteiger partial charge on any atom is 0.316 e. The summed E-state index contributed by atoms with van der Waals surface area (Å²) in [5, 5.41) is 0.741. The second-order valence-corrected chi connectivity index (χ2v) is 5.61. The summed E-state index contributed by atoms with van der Waals surface area (Å²) in [6.07, 6.45) is 1.64. The third-order valence-electron chi connectivity index (χ3n) is 2.87. The van der Waals surface area contributed by atoms with E-state index in [1.165, 1.54) is 6.92 Å². The van der Waals surface area contributed by atoms with Crippen molar-refractivity contribution < 1.29 is 14.3 Å². The molecule has 19 heavy (non-hydrogen) atoms. The summed E-state index contributed by atoms with van der Waals surface area (Å²) in [4.78, 5) is 26.3. The maximum absolute atomic E-state index is 11.9. The Morgan fingerprint density at radius 3 is 2.47 bits per heavy atom. The highest BCUT2D eigenvalue weighted by Gasteiger charge is 2.24. The number of nitrogens with one attached hydrogen (secondary N) is 1. The molecule has 0 atom stereocenters. The number of hydrogen-bond acceptors (Lipinski definition) is 3. The van der Waals surface area contributed by atoms with Gasteiger partial charge in [0, 0.05) is 22.7 Å². The minimum absolute atomic E-state index is 0.0174. The molecular formula is C15H17NO3. The van der Waals surface area contributed by atoms with Gasteiger partial charge in [-0.05, 0) is 45.9 Å². The van der Waals surface area contributed by atoms with Crippen molar-refractivity contribution in [2.24, 2.45) is 5.41 Å². The van der Waals surface area contributed by atoms with Crippen LogP contribution in [0.1, 0.15) is 38.1 Å². The first-order chi connectivity index (χ1) is 8.79. The summed E-state index contributed by atoms with van der Waals surface area (Å²) >= 11 is 0. The summed E-state index contributed by atoms with van der Waals surface area (Å²) in [6, 6.07) is 5.29. The summed E-state index contributed by atoms with van der Waals surface area (Å²) in [6.45, 7) is 6.90. The van der Waals surface area contributed by atoms with Crippen molar-refractivity contribution in [3.05, 3.63) is 30.0 Å². The number of rotatable bonds is 2. The molecule has 0 aliphatic rings. The number of carbonyl (C=O) groups is 2. The van der Waals surface area contributed by atoms with E-state index in [9.17, 15) is 9.59 Å². The number of aromatic nitrogens is 1. The van der Waals surface area contributed by atoms with Crippen LogP contribution >= 0.6 is 0 Å². The number of fused-ring (bicyclic) bond motifs is 1. The molecule has 4 nitrogen and oxygen atoms in total. The van der Waals surface area contributed by atoms with Crippen molar-refractivity contribution in [2.45, 2.75) is 27.7 Å². The van der Waals surface area contributed by atoms with Gasteiger partial charge in [0.05, 0.1) is 5.41 Å². The summed E-state index contributed by atoms with van der Waals surface area (Å²) in [5.74, 6) is 0.135. The van der Waals surface area contributed by atoms with Gasteiger partial charge in [0.1, 0.15) is 0 Å². The predicted molar refractivity (Wildman–Crippen MR) is 73.4 cm³/mol. The van der Waals surface area contributed by atoms with Crippen molar-refractivity contribution in [1.82, 2.24) is 4.98 Å². The van der Waals surface area contributed by atoms with Crippen molar-refractivity contribution in [3.8, 4) is 5.75 Å². The first kappa shape index (κ1) is 13.3. The van der Waals surface area contributed by atoms with Crippen molar-refractivity contribution in [1.29, 1.82) is 0 Å². The molecule has 0 radical (unpaired) electrons. The lowest BCUT2D eigenvalue weighted by Crippen LogP contribution is -2.25. The van der Waals surface area contributed by atoms with Crippen LogP contribution in [0.2, 0.25) is 0 Å². The van der Waals surface area contributed by atoms with E-state index in [1.54, 1.807) is 45.2 Å². The van der Waals surface area contributed by atoms with Gasteiger partial charge in [-0.25, -0.2) is 0 Å². The number of ether oxygens (including phenoxy) is 1. The molecule has 0 saturated heterocycles. The zero-order valence-electron chi connectivity index (χ0n) is 11.5. The van der Waals surface area contributed by atoms with E-state index in [-0.39, 0.29) is 11.8 Å². The highest BCUT2D eigenvalue weighted by atomic mass is 16.5. The molecular weight excluding hydrogens is 242 g/mol. The smallest absolute Gasteiger partial charge is 0.316 e. The second kappa shape index (κ2) is 4.53. The van der Waals surface area contributed by atoms with E-state index in [2.05, 4.69) is 4.98 Å². The molecule has 0 amide bonds. The fourth-order valence-electron chi connectivity index (χ4n) is 1.65. The minimum Gasteiger partial charge on any atom is -0.424 e. The normalized spacial score (nSPS) is 11.6. The molecule has 1 aromatic carbocycles. The van der Waals surface area contributed by atoms with Gasteiger partial charge in [0.2, 0.25) is 0 Å². The number of aromatic amines is 1. The van der Waals surface area contributed by atoms with Gasteiger partial charge in [0.15, 0.2) is 11.5 Å². The molecule has 1 aromatic heterocycles. The van der Waals surface area contributed by atoms with E-state index >= 15 is 0 Å². The minimum atomic E-state index is -0.568. The summed E-state index contributed by atoms with van der Waals surface area (Å²) in [7, 11) is 0. The molecule has 0 saturated carbocycles. The van der Waals surface area contributed by atoms with Crippen LogP contribution in [0.25, 0.3) is 10.9 Å². The Kier molecular flexibility index (Phi) is 3.18. The fourth-order valence-corrected chi connectivity index (χ4v) is 1.65. The number of Topliss-reactive ketones (excluding diaryl/α,β-unsaturated/α-hetero) is 1. The highest BCUT2D eigenvalue weighted by molar-refractivity contribution is 6.00. The molecule has 1 heterocycles. The SMILES string of the molecule is CC(=O)c1ccc2[nH]cc(OC(=O)C(C)(C)C)c2c1. The molecule has 2 rings (SSSR count). The van der Waals surface area contributed by atoms with E-state index in [0.717, 1.165) is 10.9 Å². The van der Waals surface area contributed by atoms with Crippen LogP contribution in [-0.4, -0.2) is 16.7 Å². The van der Waals surface area contributed by atoms with Gasteiger partial charge in [-0.15, -0.1) is 0 Å². The number of carbonyl (C=O) groups excluding carboxylic acids is 2. The lowest BCUT2D eigenvalue weighted by molar-refractivity contribution is -0.142. The van der Waals surface area contributed by atoms with Gasteiger partial charge >= 0.3 is 5.97 Å². The van der Waals surface area contributed by atoms with Crippen LogP contribution in [-0.2, 0) is 4.79 Å². The molecule has 0 spiro atoms. The fraction of sp³-hybridized carbons (Fsp3) is 0.333. The van der Waals surface area contributed by atoms with Crippen molar-refractivity contribution >= 4 is 22.7 Å². The number of esters is 1. The van der Waals surface area contributed by atoms with Crippen LogP contribution in [0.3, 0.4) is 0 Å². The Balaban J connectivity index is 2.41. The highest BCUT2D eigenvalue weighted by Crippen LogP contribution is 2.28. The molecule has 0 aliphatic carbocycles. The molecule has 1 N–H and O–H groups in total.